The van der Waals surface area contributed by atoms with E-state index in [1.165, 1.54) is 0 Å². The van der Waals surface area contributed by atoms with Gasteiger partial charge in [0.1, 0.15) is 5.78 Å². The number of nitrogen functional groups attached to an aromatic ring is 1. The van der Waals surface area contributed by atoms with Crippen molar-refractivity contribution in [3.63, 3.8) is 0 Å². The molecule has 1 heterocycles. The van der Waals surface area contributed by atoms with Gasteiger partial charge in [-0.15, -0.1) is 0 Å². The van der Waals surface area contributed by atoms with Gasteiger partial charge < -0.3 is 10.6 Å². The highest BCUT2D eigenvalue weighted by atomic mass is 16.2. The van der Waals surface area contributed by atoms with Gasteiger partial charge in [0, 0.05) is 30.6 Å². The summed E-state index contributed by atoms with van der Waals surface area (Å²) in [6, 6.07) is 4.84. The maximum absolute atomic E-state index is 13.1. The van der Waals surface area contributed by atoms with E-state index in [2.05, 4.69) is 0 Å². The number of nitrogens with zero attached hydrogens (tertiary/aromatic N) is 1. The van der Waals surface area contributed by atoms with Crippen LogP contribution in [-0.4, -0.2) is 28.4 Å². The average molecular weight is 312 g/mol. The van der Waals surface area contributed by atoms with Crippen molar-refractivity contribution in [3.05, 3.63) is 41.1 Å². The lowest BCUT2D eigenvalue weighted by Gasteiger charge is -2.30. The number of carbonyl (C=O) groups excluding carboxylic acids is 3. The maximum atomic E-state index is 13.1. The van der Waals surface area contributed by atoms with Gasteiger partial charge in [0.15, 0.2) is 5.78 Å². The Morgan fingerprint density at radius 3 is 2.70 bits per heavy atom. The molecular formula is C18H20N2O3. The molecule has 1 unspecified atom stereocenters. The Kier molecular flexibility index (Phi) is 4.03. The highest BCUT2D eigenvalue weighted by molar-refractivity contribution is 6.05. The van der Waals surface area contributed by atoms with Crippen molar-refractivity contribution in [2.75, 3.05) is 5.73 Å². The Bertz CT molecular complexity index is 721. The Morgan fingerprint density at radius 1 is 1.13 bits per heavy atom. The molecule has 1 fully saturated rings. The van der Waals surface area contributed by atoms with Crippen molar-refractivity contribution in [1.82, 2.24) is 4.90 Å². The van der Waals surface area contributed by atoms with Crippen LogP contribution in [0.1, 0.15) is 48.5 Å². The van der Waals surface area contributed by atoms with E-state index in [0.717, 1.165) is 11.3 Å². The molecule has 1 aromatic rings. The zero-order chi connectivity index (χ0) is 16.6. The number of ketones is 2. The molecule has 2 N–H and O–H groups in total. The molecule has 23 heavy (non-hydrogen) atoms. The highest BCUT2D eigenvalue weighted by Crippen LogP contribution is 2.30. The first-order valence-electron chi connectivity index (χ1n) is 7.91. The second-order valence-corrected chi connectivity index (χ2v) is 6.17. The van der Waals surface area contributed by atoms with Gasteiger partial charge in [-0.1, -0.05) is 18.2 Å². The fraction of sp³-hybridized carbons (Fsp3) is 0.389. The molecule has 120 valence electrons. The molecule has 0 spiro atoms. The predicted octanol–water partition coefficient (Wildman–Crippen LogP) is 2.25. The minimum Gasteiger partial charge on any atom is -0.398 e. The molecule has 1 saturated carbocycles. The average Bonchev–Trinajstić information content (AvgIpc) is 2.75. The molecule has 1 aliphatic heterocycles. The smallest absolute Gasteiger partial charge is 0.261 e. The number of benzene rings is 1. The van der Waals surface area contributed by atoms with Gasteiger partial charge >= 0.3 is 0 Å². The largest absolute Gasteiger partial charge is 0.398 e. The molecule has 3 rings (SSSR count). The molecular weight excluding hydrogens is 292 g/mol. The minimum atomic E-state index is -0.573. The standard InChI is InChI=1S/C18H20N2O3/c1-11-5-6-12-3-2-4-14(19)17(12)18(23)20(11)15-9-7-13(21)8-10-16(15)22/h2-5,15H,6-10,19H2,1H3. The predicted molar refractivity (Wildman–Crippen MR) is 86.8 cm³/mol. The lowest BCUT2D eigenvalue weighted by molar-refractivity contribution is -0.124. The zero-order valence-corrected chi connectivity index (χ0v) is 13.2. The Balaban J connectivity index is 2.04. The van der Waals surface area contributed by atoms with Gasteiger partial charge in [-0.3, -0.25) is 14.4 Å². The molecule has 1 atom stereocenters. The molecule has 2 aliphatic rings. The third-order valence-electron chi connectivity index (χ3n) is 4.64. The fourth-order valence-corrected chi connectivity index (χ4v) is 3.36. The van der Waals surface area contributed by atoms with Crippen molar-refractivity contribution < 1.29 is 14.4 Å². The number of anilines is 1. The van der Waals surface area contributed by atoms with Gasteiger partial charge in [0.2, 0.25) is 0 Å². The zero-order valence-electron chi connectivity index (χ0n) is 13.2. The van der Waals surface area contributed by atoms with E-state index in [0.29, 0.717) is 30.5 Å². The number of nitrogens with two attached hydrogens (primary N) is 1. The lowest BCUT2D eigenvalue weighted by atomic mass is 10.0. The number of carbonyl (C=O) groups is 3. The van der Waals surface area contributed by atoms with Crippen molar-refractivity contribution in [1.29, 1.82) is 0 Å². The van der Waals surface area contributed by atoms with E-state index < -0.39 is 6.04 Å². The van der Waals surface area contributed by atoms with Crippen LogP contribution in [0.2, 0.25) is 0 Å². The van der Waals surface area contributed by atoms with Crippen molar-refractivity contribution >= 4 is 23.2 Å². The minimum absolute atomic E-state index is 0.0464. The number of rotatable bonds is 1. The Morgan fingerprint density at radius 2 is 1.91 bits per heavy atom. The monoisotopic (exact) mass is 312 g/mol. The summed E-state index contributed by atoms with van der Waals surface area (Å²) in [5.74, 6) is -0.198. The molecule has 1 aliphatic carbocycles. The van der Waals surface area contributed by atoms with E-state index in [9.17, 15) is 14.4 Å². The number of hydrogen-bond acceptors (Lipinski definition) is 4. The first-order chi connectivity index (χ1) is 11.0. The quantitative estimate of drug-likeness (QED) is 0.637. The Hall–Kier alpha value is -2.43. The molecule has 0 aromatic heterocycles. The molecule has 1 amide bonds. The summed E-state index contributed by atoms with van der Waals surface area (Å²) < 4.78 is 0. The molecule has 5 nitrogen and oxygen atoms in total. The van der Waals surface area contributed by atoms with Crippen LogP contribution in [0.4, 0.5) is 5.69 Å². The normalized spacial score (nSPS) is 22.3. The van der Waals surface area contributed by atoms with E-state index in [-0.39, 0.29) is 30.3 Å². The topological polar surface area (TPSA) is 80.5 Å². The van der Waals surface area contributed by atoms with Crippen molar-refractivity contribution in [2.45, 2.75) is 45.1 Å². The maximum Gasteiger partial charge on any atom is 0.261 e. The van der Waals surface area contributed by atoms with E-state index >= 15 is 0 Å². The Labute approximate surface area is 135 Å². The van der Waals surface area contributed by atoms with Crippen LogP contribution in [0.5, 0.6) is 0 Å². The first-order valence-corrected chi connectivity index (χ1v) is 7.91. The molecule has 1 aromatic carbocycles. The highest BCUT2D eigenvalue weighted by Gasteiger charge is 2.35. The van der Waals surface area contributed by atoms with Crippen LogP contribution >= 0.6 is 0 Å². The summed E-state index contributed by atoms with van der Waals surface area (Å²) in [7, 11) is 0. The summed E-state index contributed by atoms with van der Waals surface area (Å²) in [5, 5.41) is 0. The number of hydrogen-bond donors (Lipinski definition) is 1. The fourth-order valence-electron chi connectivity index (χ4n) is 3.36. The van der Waals surface area contributed by atoms with Crippen LogP contribution in [-0.2, 0) is 16.0 Å². The van der Waals surface area contributed by atoms with Crippen LogP contribution in [0.3, 0.4) is 0 Å². The summed E-state index contributed by atoms with van der Waals surface area (Å²) in [6.45, 7) is 1.83. The summed E-state index contributed by atoms with van der Waals surface area (Å²) in [6.07, 6.45) is 3.76. The van der Waals surface area contributed by atoms with Gasteiger partial charge in [-0.2, -0.15) is 0 Å². The number of amides is 1. The molecule has 0 bridgehead atoms. The second-order valence-electron chi connectivity index (χ2n) is 6.17. The molecule has 0 radical (unpaired) electrons. The number of Topliss-reactive ketones (excluding diaryl/α,β-unsaturated/α-hetero) is 2. The molecule has 5 heteroatoms. The van der Waals surface area contributed by atoms with E-state index in [1.807, 2.05) is 25.1 Å². The second kappa shape index (κ2) is 5.99. The van der Waals surface area contributed by atoms with Crippen LogP contribution in [0.15, 0.2) is 30.0 Å². The third-order valence-corrected chi connectivity index (χ3v) is 4.64. The number of allylic oxidation sites excluding steroid dienone is 2. The molecule has 0 saturated heterocycles. The van der Waals surface area contributed by atoms with E-state index in [4.69, 9.17) is 5.73 Å². The first kappa shape index (κ1) is 15.5. The van der Waals surface area contributed by atoms with Gasteiger partial charge in [0.25, 0.3) is 5.91 Å². The summed E-state index contributed by atoms with van der Waals surface area (Å²) in [5.41, 5.74) is 8.54. The lowest BCUT2D eigenvalue weighted by Crippen LogP contribution is -2.43. The van der Waals surface area contributed by atoms with Crippen molar-refractivity contribution in [2.24, 2.45) is 0 Å². The van der Waals surface area contributed by atoms with E-state index in [1.54, 1.807) is 11.0 Å². The van der Waals surface area contributed by atoms with Gasteiger partial charge in [0.05, 0.1) is 11.6 Å². The van der Waals surface area contributed by atoms with Gasteiger partial charge in [-0.05, 0) is 31.4 Å². The summed E-state index contributed by atoms with van der Waals surface area (Å²) in [4.78, 5) is 38.7. The third kappa shape index (κ3) is 2.79. The summed E-state index contributed by atoms with van der Waals surface area (Å²) >= 11 is 0. The van der Waals surface area contributed by atoms with Crippen LogP contribution in [0, 0.1) is 0 Å². The number of fused-ring (bicyclic) bond motifs is 1. The SMILES string of the molecule is CC1=CCc2cccc(N)c2C(=O)N1C1CCC(=O)CCC1=O. The van der Waals surface area contributed by atoms with Crippen LogP contribution in [0.25, 0.3) is 0 Å². The van der Waals surface area contributed by atoms with Crippen molar-refractivity contribution in [3.8, 4) is 0 Å². The van der Waals surface area contributed by atoms with Gasteiger partial charge in [-0.25, -0.2) is 0 Å². The van der Waals surface area contributed by atoms with Crippen LogP contribution < -0.4 is 5.73 Å².